The van der Waals surface area contributed by atoms with Crippen molar-refractivity contribution in [2.45, 2.75) is 19.9 Å². The number of carbonyl (C=O) groups excluding carboxylic acids is 1. The third-order valence-corrected chi connectivity index (χ3v) is 4.88. The van der Waals surface area contributed by atoms with Crippen molar-refractivity contribution in [2.75, 3.05) is 6.54 Å². The van der Waals surface area contributed by atoms with Crippen LogP contribution in [0.2, 0.25) is 0 Å². The van der Waals surface area contributed by atoms with E-state index in [4.69, 9.17) is 4.52 Å². The van der Waals surface area contributed by atoms with Gasteiger partial charge in [-0.3, -0.25) is 9.59 Å². The van der Waals surface area contributed by atoms with Crippen molar-refractivity contribution in [3.05, 3.63) is 94.4 Å². The number of rotatable bonds is 7. The Morgan fingerprint density at radius 3 is 2.58 bits per heavy atom. The van der Waals surface area contributed by atoms with Crippen LogP contribution in [0.15, 0.2) is 82.2 Å². The van der Waals surface area contributed by atoms with Gasteiger partial charge in [0, 0.05) is 18.3 Å². The molecular formula is C24H22N4O3. The molecule has 0 atom stereocenters. The van der Waals surface area contributed by atoms with Gasteiger partial charge in [0.1, 0.15) is 12.1 Å². The molecule has 156 valence electrons. The van der Waals surface area contributed by atoms with Gasteiger partial charge in [-0.1, -0.05) is 65.3 Å². The molecule has 7 nitrogen and oxygen atoms in total. The number of amides is 1. The van der Waals surface area contributed by atoms with E-state index < -0.39 is 0 Å². The van der Waals surface area contributed by atoms with Crippen molar-refractivity contribution in [2.24, 2.45) is 0 Å². The molecule has 7 heteroatoms. The van der Waals surface area contributed by atoms with Gasteiger partial charge < -0.3 is 14.4 Å². The molecular weight excluding hydrogens is 392 g/mol. The Labute approximate surface area is 179 Å². The number of nitrogens with one attached hydrogen (secondary N) is 1. The van der Waals surface area contributed by atoms with Gasteiger partial charge in [-0.15, -0.1) is 0 Å². The summed E-state index contributed by atoms with van der Waals surface area (Å²) in [5, 5.41) is 6.83. The fourth-order valence-corrected chi connectivity index (χ4v) is 3.18. The zero-order valence-corrected chi connectivity index (χ0v) is 17.1. The lowest BCUT2D eigenvalue weighted by Crippen LogP contribution is -2.33. The lowest BCUT2D eigenvalue weighted by atomic mass is 10.1. The molecule has 0 radical (unpaired) electrons. The van der Waals surface area contributed by atoms with Crippen LogP contribution >= 0.6 is 0 Å². The summed E-state index contributed by atoms with van der Waals surface area (Å²) in [6.07, 6.45) is 2.30. The lowest BCUT2D eigenvalue weighted by molar-refractivity contribution is -0.121. The topological polar surface area (TPSA) is 90.0 Å². The smallest absolute Gasteiger partial charge is 0.263 e. The molecule has 2 aromatic carbocycles. The molecule has 0 bridgehead atoms. The second kappa shape index (κ2) is 9.21. The molecule has 0 aliphatic carbocycles. The minimum absolute atomic E-state index is 0.0829. The molecule has 0 saturated carbocycles. The first-order valence-corrected chi connectivity index (χ1v) is 10.0. The molecule has 0 spiro atoms. The Kier molecular flexibility index (Phi) is 6.03. The van der Waals surface area contributed by atoms with E-state index in [9.17, 15) is 9.59 Å². The Bertz CT molecular complexity index is 1230. The monoisotopic (exact) mass is 414 g/mol. The molecule has 4 rings (SSSR count). The molecule has 1 amide bonds. The van der Waals surface area contributed by atoms with Crippen molar-refractivity contribution in [1.82, 2.24) is 20.0 Å². The lowest BCUT2D eigenvalue weighted by Gasteiger charge is -2.08. The van der Waals surface area contributed by atoms with Crippen molar-refractivity contribution >= 4 is 5.91 Å². The molecule has 0 aliphatic rings. The highest BCUT2D eigenvalue weighted by Crippen LogP contribution is 2.20. The summed E-state index contributed by atoms with van der Waals surface area (Å²) in [5.74, 6) is 0.295. The summed E-state index contributed by atoms with van der Waals surface area (Å²) in [5.41, 5.74) is 2.96. The van der Waals surface area contributed by atoms with E-state index >= 15 is 0 Å². The summed E-state index contributed by atoms with van der Waals surface area (Å²) in [4.78, 5) is 29.5. The van der Waals surface area contributed by atoms with Crippen molar-refractivity contribution in [3.8, 4) is 22.8 Å². The maximum absolute atomic E-state index is 12.8. The molecule has 2 aromatic heterocycles. The normalized spacial score (nSPS) is 10.7. The van der Waals surface area contributed by atoms with Crippen LogP contribution in [0, 0.1) is 6.92 Å². The Morgan fingerprint density at radius 2 is 1.81 bits per heavy atom. The highest BCUT2D eigenvalue weighted by Gasteiger charge is 2.15. The zero-order chi connectivity index (χ0) is 21.6. The first-order valence-electron chi connectivity index (χ1n) is 10.0. The minimum Gasteiger partial charge on any atom is -0.354 e. The number of pyridine rings is 1. The van der Waals surface area contributed by atoms with E-state index in [0.29, 0.717) is 12.4 Å². The van der Waals surface area contributed by atoms with Gasteiger partial charge in [-0.25, -0.2) is 0 Å². The fraction of sp³-hybridized carbons (Fsp3) is 0.167. The first kappa shape index (κ1) is 20.3. The Hall–Kier alpha value is -4.00. The van der Waals surface area contributed by atoms with E-state index in [2.05, 4.69) is 15.5 Å². The van der Waals surface area contributed by atoms with Crippen LogP contribution in [-0.2, 0) is 17.8 Å². The maximum atomic E-state index is 12.8. The van der Waals surface area contributed by atoms with Crippen LogP contribution in [0.5, 0.6) is 0 Å². The van der Waals surface area contributed by atoms with Crippen molar-refractivity contribution in [3.63, 3.8) is 0 Å². The van der Waals surface area contributed by atoms with E-state index in [-0.39, 0.29) is 29.5 Å². The molecule has 4 aromatic rings. The van der Waals surface area contributed by atoms with Gasteiger partial charge >= 0.3 is 0 Å². The van der Waals surface area contributed by atoms with Crippen LogP contribution in [0.1, 0.15) is 11.1 Å². The Morgan fingerprint density at radius 1 is 1.03 bits per heavy atom. The number of aromatic nitrogens is 3. The van der Waals surface area contributed by atoms with Crippen LogP contribution in [0.4, 0.5) is 0 Å². The predicted molar refractivity (Wildman–Crippen MR) is 117 cm³/mol. The van der Waals surface area contributed by atoms with E-state index in [1.807, 2.05) is 61.5 Å². The van der Waals surface area contributed by atoms with Crippen LogP contribution in [-0.4, -0.2) is 27.2 Å². The molecule has 0 fully saturated rings. The average molecular weight is 414 g/mol. The number of benzene rings is 2. The predicted octanol–water partition coefficient (Wildman–Crippen LogP) is 3.23. The summed E-state index contributed by atoms with van der Waals surface area (Å²) in [6.45, 7) is 2.41. The zero-order valence-electron chi connectivity index (χ0n) is 17.1. The van der Waals surface area contributed by atoms with E-state index in [1.54, 1.807) is 18.3 Å². The van der Waals surface area contributed by atoms with Gasteiger partial charge in [0.05, 0.1) is 0 Å². The van der Waals surface area contributed by atoms with Crippen molar-refractivity contribution in [1.29, 1.82) is 0 Å². The van der Waals surface area contributed by atoms with Gasteiger partial charge in [0.15, 0.2) is 0 Å². The SMILES string of the molecule is Cc1ccc(-c2noc(-c3cccn(CC(=O)NCCc4ccccc4)c3=O)n2)cc1. The Balaban J connectivity index is 1.44. The molecule has 1 N–H and O–H groups in total. The second-order valence-corrected chi connectivity index (χ2v) is 7.23. The molecule has 2 heterocycles. The van der Waals surface area contributed by atoms with Gasteiger partial charge in [0.2, 0.25) is 11.7 Å². The van der Waals surface area contributed by atoms with Crippen LogP contribution in [0.3, 0.4) is 0 Å². The van der Waals surface area contributed by atoms with Gasteiger partial charge in [-0.2, -0.15) is 4.98 Å². The minimum atomic E-state index is -0.361. The number of aryl methyl sites for hydroxylation is 1. The summed E-state index contributed by atoms with van der Waals surface area (Å²) < 4.78 is 6.65. The van der Waals surface area contributed by atoms with Gasteiger partial charge in [-0.05, 0) is 31.0 Å². The number of hydrogen-bond donors (Lipinski definition) is 1. The van der Waals surface area contributed by atoms with Gasteiger partial charge in [0.25, 0.3) is 11.4 Å². The summed E-state index contributed by atoms with van der Waals surface area (Å²) in [6, 6.07) is 20.9. The highest BCUT2D eigenvalue weighted by atomic mass is 16.5. The van der Waals surface area contributed by atoms with Crippen LogP contribution < -0.4 is 10.9 Å². The standard InChI is InChI=1S/C24H22N4O3/c1-17-9-11-19(12-10-17)22-26-23(31-27-22)20-8-5-15-28(24(20)30)16-21(29)25-14-13-18-6-3-2-4-7-18/h2-12,15H,13-14,16H2,1H3,(H,25,29). The molecule has 0 saturated heterocycles. The quantitative estimate of drug-likeness (QED) is 0.501. The number of carbonyl (C=O) groups is 1. The molecule has 0 unspecified atom stereocenters. The molecule has 0 aliphatic heterocycles. The summed E-state index contributed by atoms with van der Waals surface area (Å²) in [7, 11) is 0. The van der Waals surface area contributed by atoms with E-state index in [0.717, 1.165) is 23.1 Å². The fourth-order valence-electron chi connectivity index (χ4n) is 3.18. The number of nitrogens with zero attached hydrogens (tertiary/aromatic N) is 3. The molecule has 31 heavy (non-hydrogen) atoms. The summed E-state index contributed by atoms with van der Waals surface area (Å²) >= 11 is 0. The largest absolute Gasteiger partial charge is 0.354 e. The third-order valence-electron chi connectivity index (χ3n) is 4.88. The highest BCUT2D eigenvalue weighted by molar-refractivity contribution is 5.75. The average Bonchev–Trinajstić information content (AvgIpc) is 3.26. The van der Waals surface area contributed by atoms with Crippen molar-refractivity contribution < 1.29 is 9.32 Å². The van der Waals surface area contributed by atoms with E-state index in [1.165, 1.54) is 4.57 Å². The first-order chi connectivity index (χ1) is 15.1. The number of hydrogen-bond acceptors (Lipinski definition) is 5. The third kappa shape index (κ3) is 4.95. The second-order valence-electron chi connectivity index (χ2n) is 7.23. The maximum Gasteiger partial charge on any atom is 0.263 e. The van der Waals surface area contributed by atoms with Crippen LogP contribution in [0.25, 0.3) is 22.8 Å².